The average molecular weight is 557 g/mol. The standard InChI is InChI=1S/C25H19BrClN3O5/c1-15-7-8-19(30(32)33)12-22(15)29-25(31)18(13-28)9-16-10-20(26)24(23(11-16)34-2)35-14-17-5-3-4-6-21(17)27/h3-12H,14H2,1-2H3,(H,29,31)/b18-9+. The Labute approximate surface area is 215 Å². The zero-order chi connectivity index (χ0) is 25.5. The SMILES string of the molecule is COc1cc(/C=C(\C#N)C(=O)Nc2cc([N+](=O)[O-])ccc2C)cc(Br)c1OCc1ccccc1Cl. The van der Waals surface area contributed by atoms with Crippen LogP contribution in [0.1, 0.15) is 16.7 Å². The number of nitrogens with zero attached hydrogens (tertiary/aromatic N) is 2. The van der Waals surface area contributed by atoms with E-state index in [2.05, 4.69) is 21.2 Å². The Morgan fingerprint density at radius 3 is 2.66 bits per heavy atom. The highest BCUT2D eigenvalue weighted by Gasteiger charge is 2.16. The summed E-state index contributed by atoms with van der Waals surface area (Å²) < 4.78 is 11.9. The molecule has 35 heavy (non-hydrogen) atoms. The van der Waals surface area contributed by atoms with Crippen LogP contribution in [0, 0.1) is 28.4 Å². The van der Waals surface area contributed by atoms with Crippen LogP contribution in [0.25, 0.3) is 6.08 Å². The van der Waals surface area contributed by atoms with Crippen molar-refractivity contribution in [3.8, 4) is 17.6 Å². The van der Waals surface area contributed by atoms with Gasteiger partial charge in [-0.3, -0.25) is 14.9 Å². The number of benzene rings is 3. The number of nitro groups is 1. The second kappa shape index (κ2) is 11.5. The number of amides is 1. The maximum absolute atomic E-state index is 12.7. The average Bonchev–Trinajstić information content (AvgIpc) is 2.83. The van der Waals surface area contributed by atoms with Crippen LogP contribution in [-0.4, -0.2) is 17.9 Å². The molecule has 0 radical (unpaired) electrons. The van der Waals surface area contributed by atoms with Crippen molar-refractivity contribution in [2.24, 2.45) is 0 Å². The first-order valence-corrected chi connectivity index (χ1v) is 11.3. The van der Waals surface area contributed by atoms with Crippen molar-refractivity contribution in [2.75, 3.05) is 12.4 Å². The van der Waals surface area contributed by atoms with Crippen molar-refractivity contribution in [2.45, 2.75) is 13.5 Å². The number of methoxy groups -OCH3 is 1. The first-order valence-electron chi connectivity index (χ1n) is 10.2. The molecule has 3 aromatic carbocycles. The summed E-state index contributed by atoms with van der Waals surface area (Å²) in [5.41, 5.74) is 1.79. The molecule has 8 nitrogen and oxygen atoms in total. The molecule has 10 heteroatoms. The zero-order valence-electron chi connectivity index (χ0n) is 18.7. The lowest BCUT2D eigenvalue weighted by molar-refractivity contribution is -0.384. The van der Waals surface area contributed by atoms with Crippen molar-refractivity contribution in [1.82, 2.24) is 0 Å². The number of hydrogen-bond acceptors (Lipinski definition) is 6. The molecule has 0 fully saturated rings. The van der Waals surface area contributed by atoms with E-state index in [0.29, 0.717) is 32.1 Å². The van der Waals surface area contributed by atoms with E-state index in [4.69, 9.17) is 21.1 Å². The number of carbonyl (C=O) groups is 1. The molecule has 0 aliphatic rings. The van der Waals surface area contributed by atoms with E-state index in [9.17, 15) is 20.2 Å². The summed E-state index contributed by atoms with van der Waals surface area (Å²) >= 11 is 9.64. The number of hydrogen-bond donors (Lipinski definition) is 1. The molecule has 1 amide bonds. The normalized spacial score (nSPS) is 10.9. The maximum atomic E-state index is 12.7. The van der Waals surface area contributed by atoms with Gasteiger partial charge in [0.2, 0.25) is 0 Å². The van der Waals surface area contributed by atoms with Gasteiger partial charge in [-0.25, -0.2) is 0 Å². The molecular formula is C25H19BrClN3O5. The molecule has 1 N–H and O–H groups in total. The highest BCUT2D eigenvalue weighted by molar-refractivity contribution is 9.10. The third-order valence-electron chi connectivity index (χ3n) is 4.94. The molecule has 0 atom stereocenters. The van der Waals surface area contributed by atoms with Gasteiger partial charge in [0.15, 0.2) is 11.5 Å². The van der Waals surface area contributed by atoms with Crippen molar-refractivity contribution in [3.05, 3.63) is 96.5 Å². The van der Waals surface area contributed by atoms with Gasteiger partial charge in [-0.05, 0) is 58.3 Å². The number of nitro benzene ring substituents is 1. The number of rotatable bonds is 8. The van der Waals surface area contributed by atoms with Gasteiger partial charge >= 0.3 is 0 Å². The monoisotopic (exact) mass is 555 g/mol. The van der Waals surface area contributed by atoms with E-state index in [0.717, 1.165) is 5.56 Å². The van der Waals surface area contributed by atoms with Gasteiger partial charge in [0.05, 0.1) is 22.2 Å². The fourth-order valence-electron chi connectivity index (χ4n) is 3.09. The van der Waals surface area contributed by atoms with Crippen LogP contribution in [0.15, 0.2) is 64.6 Å². The van der Waals surface area contributed by atoms with Crippen LogP contribution in [-0.2, 0) is 11.4 Å². The summed E-state index contributed by atoms with van der Waals surface area (Å²) in [4.78, 5) is 23.2. The predicted octanol–water partition coefficient (Wildman–Crippen LogP) is 6.45. The lowest BCUT2D eigenvalue weighted by atomic mass is 10.1. The number of aryl methyl sites for hydroxylation is 1. The fourth-order valence-corrected chi connectivity index (χ4v) is 3.86. The molecule has 0 spiro atoms. The molecule has 3 rings (SSSR count). The third kappa shape index (κ3) is 6.38. The van der Waals surface area contributed by atoms with E-state index in [1.807, 2.05) is 24.3 Å². The lowest BCUT2D eigenvalue weighted by Gasteiger charge is -2.14. The number of nitrogens with one attached hydrogen (secondary N) is 1. The first kappa shape index (κ1) is 25.7. The van der Waals surface area contributed by atoms with Crippen molar-refractivity contribution < 1.29 is 19.2 Å². The van der Waals surface area contributed by atoms with E-state index in [-0.39, 0.29) is 23.6 Å². The summed E-state index contributed by atoms with van der Waals surface area (Å²) in [6.07, 6.45) is 1.38. The number of halogens is 2. The number of carbonyl (C=O) groups excluding carboxylic acids is 1. The second-order valence-electron chi connectivity index (χ2n) is 7.29. The predicted molar refractivity (Wildman–Crippen MR) is 137 cm³/mol. The third-order valence-corrected chi connectivity index (χ3v) is 5.90. The molecule has 0 aliphatic heterocycles. The number of anilines is 1. The van der Waals surface area contributed by atoms with E-state index >= 15 is 0 Å². The second-order valence-corrected chi connectivity index (χ2v) is 8.56. The maximum Gasteiger partial charge on any atom is 0.271 e. The van der Waals surface area contributed by atoms with Crippen molar-refractivity contribution in [3.63, 3.8) is 0 Å². The Morgan fingerprint density at radius 1 is 1.26 bits per heavy atom. The van der Waals surface area contributed by atoms with Gasteiger partial charge in [0, 0.05) is 22.7 Å². The van der Waals surface area contributed by atoms with Crippen LogP contribution in [0.3, 0.4) is 0 Å². The van der Waals surface area contributed by atoms with Crippen LogP contribution in [0.2, 0.25) is 5.02 Å². The quantitative estimate of drug-likeness (QED) is 0.148. The van der Waals surface area contributed by atoms with Crippen LogP contribution in [0.5, 0.6) is 11.5 Å². The van der Waals surface area contributed by atoms with Gasteiger partial charge in [0.25, 0.3) is 11.6 Å². The lowest BCUT2D eigenvalue weighted by Crippen LogP contribution is -2.14. The summed E-state index contributed by atoms with van der Waals surface area (Å²) in [7, 11) is 1.47. The summed E-state index contributed by atoms with van der Waals surface area (Å²) in [5.74, 6) is 0.106. The molecular weight excluding hydrogens is 538 g/mol. The first-order chi connectivity index (χ1) is 16.7. The minimum Gasteiger partial charge on any atom is -0.493 e. The Balaban J connectivity index is 1.85. The Hall–Kier alpha value is -3.87. The molecule has 0 aliphatic carbocycles. The van der Waals surface area contributed by atoms with Gasteiger partial charge in [0.1, 0.15) is 18.2 Å². The van der Waals surface area contributed by atoms with Gasteiger partial charge in [-0.1, -0.05) is 35.9 Å². The smallest absolute Gasteiger partial charge is 0.271 e. The van der Waals surface area contributed by atoms with E-state index in [1.54, 1.807) is 25.1 Å². The number of non-ortho nitro benzene ring substituents is 1. The molecule has 0 aromatic heterocycles. The number of ether oxygens (including phenoxy) is 2. The minimum absolute atomic E-state index is 0.172. The van der Waals surface area contributed by atoms with E-state index in [1.165, 1.54) is 31.4 Å². The van der Waals surface area contributed by atoms with Gasteiger partial charge in [-0.2, -0.15) is 5.26 Å². The Kier molecular flexibility index (Phi) is 8.47. The molecule has 0 bridgehead atoms. The topological polar surface area (TPSA) is 114 Å². The Morgan fingerprint density at radius 2 is 2.00 bits per heavy atom. The molecule has 3 aromatic rings. The molecule has 178 valence electrons. The molecule has 0 saturated heterocycles. The zero-order valence-corrected chi connectivity index (χ0v) is 21.0. The highest BCUT2D eigenvalue weighted by atomic mass is 79.9. The van der Waals surface area contributed by atoms with Crippen molar-refractivity contribution in [1.29, 1.82) is 5.26 Å². The largest absolute Gasteiger partial charge is 0.493 e. The number of nitriles is 1. The van der Waals surface area contributed by atoms with Gasteiger partial charge < -0.3 is 14.8 Å². The van der Waals surface area contributed by atoms with Crippen LogP contribution < -0.4 is 14.8 Å². The minimum atomic E-state index is -0.703. The molecule has 0 unspecified atom stereocenters. The highest BCUT2D eigenvalue weighted by Crippen LogP contribution is 2.38. The van der Waals surface area contributed by atoms with Gasteiger partial charge in [-0.15, -0.1) is 0 Å². The van der Waals surface area contributed by atoms with E-state index < -0.39 is 10.8 Å². The van der Waals surface area contributed by atoms with Crippen LogP contribution in [0.4, 0.5) is 11.4 Å². The van der Waals surface area contributed by atoms with Crippen LogP contribution >= 0.6 is 27.5 Å². The molecule has 0 saturated carbocycles. The Bertz CT molecular complexity index is 1370. The van der Waals surface area contributed by atoms with Crippen molar-refractivity contribution >= 4 is 50.9 Å². The summed E-state index contributed by atoms with van der Waals surface area (Å²) in [6, 6.07) is 16.6. The molecule has 0 heterocycles. The summed E-state index contributed by atoms with van der Waals surface area (Å²) in [6.45, 7) is 1.90. The summed E-state index contributed by atoms with van der Waals surface area (Å²) in [5, 5.41) is 23.7. The fraction of sp³-hybridized carbons (Fsp3) is 0.120.